The van der Waals surface area contributed by atoms with Crippen LogP contribution in [0, 0.1) is 11.3 Å². The summed E-state index contributed by atoms with van der Waals surface area (Å²) < 4.78 is 5.20. The molecule has 1 aliphatic heterocycles. The van der Waals surface area contributed by atoms with Crippen molar-refractivity contribution in [3.05, 3.63) is 29.8 Å². The van der Waals surface area contributed by atoms with E-state index in [0.29, 0.717) is 43.7 Å². The number of nitriles is 1. The molecule has 1 heterocycles. The van der Waals surface area contributed by atoms with Crippen LogP contribution >= 0.6 is 0 Å². The molecule has 1 aliphatic rings. The van der Waals surface area contributed by atoms with E-state index in [1.165, 1.54) is 7.11 Å². The van der Waals surface area contributed by atoms with Gasteiger partial charge in [-0.15, -0.1) is 0 Å². The van der Waals surface area contributed by atoms with Crippen molar-refractivity contribution in [1.82, 2.24) is 10.2 Å². The van der Waals surface area contributed by atoms with Crippen LogP contribution in [0.4, 0.5) is 0 Å². The molecule has 0 spiro atoms. The van der Waals surface area contributed by atoms with Crippen LogP contribution in [-0.2, 0) is 4.79 Å². The van der Waals surface area contributed by atoms with Gasteiger partial charge in [0.1, 0.15) is 17.8 Å². The van der Waals surface area contributed by atoms with E-state index in [9.17, 15) is 14.9 Å². The van der Waals surface area contributed by atoms with Crippen molar-refractivity contribution in [3.8, 4) is 11.8 Å². The molecule has 0 aromatic heterocycles. The molecular weight excluding hydrogens is 320 g/mol. The summed E-state index contributed by atoms with van der Waals surface area (Å²) in [6, 6.07) is 7.88. The van der Waals surface area contributed by atoms with Crippen LogP contribution in [0.1, 0.15) is 36.0 Å². The zero-order chi connectivity index (χ0) is 18.2. The maximum Gasteiger partial charge on any atom is 0.255 e. The number of hydrogen-bond acceptors (Lipinski definition) is 5. The molecule has 0 radical (unpaired) electrons. The Hall–Kier alpha value is -2.59. The molecular formula is C18H24N4O3. The molecule has 1 aromatic rings. The highest BCUT2D eigenvalue weighted by molar-refractivity contribution is 5.99. The Balaban J connectivity index is 2.15. The normalized spacial score (nSPS) is 17.6. The highest BCUT2D eigenvalue weighted by Crippen LogP contribution is 2.20. The van der Waals surface area contributed by atoms with Crippen molar-refractivity contribution >= 4 is 11.8 Å². The van der Waals surface area contributed by atoms with Gasteiger partial charge in [0.05, 0.1) is 18.7 Å². The third-order valence-corrected chi connectivity index (χ3v) is 4.34. The van der Waals surface area contributed by atoms with E-state index in [1.807, 2.05) is 0 Å². The van der Waals surface area contributed by atoms with Crippen molar-refractivity contribution in [2.75, 3.05) is 20.2 Å². The van der Waals surface area contributed by atoms with E-state index in [0.717, 1.165) is 6.42 Å². The summed E-state index contributed by atoms with van der Waals surface area (Å²) in [5.41, 5.74) is 5.93. The fraction of sp³-hybridized carbons (Fsp3) is 0.500. The number of carbonyl (C=O) groups is 2. The standard InChI is InChI=1S/C18H24N4O3/c1-25-16-9-3-2-7-14(16)17(23)21-15(8-4-10-19)18(24)22-11-5-6-13(22)12-20/h2-3,7,9,13,15H,4-6,8,10-11,19H2,1H3,(H,21,23)/t13?,15-/m0/s1. The number of para-hydroxylation sites is 1. The molecule has 0 saturated carbocycles. The second kappa shape index (κ2) is 9.04. The Morgan fingerprint density at radius 2 is 2.24 bits per heavy atom. The minimum atomic E-state index is -0.699. The Bertz CT molecular complexity index is 656. The van der Waals surface area contributed by atoms with Crippen LogP contribution in [0.2, 0.25) is 0 Å². The lowest BCUT2D eigenvalue weighted by Gasteiger charge is -2.26. The maximum absolute atomic E-state index is 12.8. The van der Waals surface area contributed by atoms with Gasteiger partial charge in [-0.05, 0) is 44.4 Å². The summed E-state index contributed by atoms with van der Waals surface area (Å²) in [6.45, 7) is 0.969. The fourth-order valence-electron chi connectivity index (χ4n) is 3.01. The number of likely N-dealkylation sites (tertiary alicyclic amines) is 1. The number of carbonyl (C=O) groups excluding carboxylic acids is 2. The molecule has 0 bridgehead atoms. The van der Waals surface area contributed by atoms with Crippen LogP contribution < -0.4 is 15.8 Å². The van der Waals surface area contributed by atoms with E-state index in [4.69, 9.17) is 10.5 Å². The van der Waals surface area contributed by atoms with Gasteiger partial charge in [0.25, 0.3) is 5.91 Å². The average molecular weight is 344 g/mol. The molecule has 2 amide bonds. The van der Waals surface area contributed by atoms with Gasteiger partial charge in [-0.2, -0.15) is 5.26 Å². The first-order valence-corrected chi connectivity index (χ1v) is 8.46. The van der Waals surface area contributed by atoms with E-state index in [2.05, 4.69) is 11.4 Å². The summed E-state index contributed by atoms with van der Waals surface area (Å²) >= 11 is 0. The van der Waals surface area contributed by atoms with Crippen molar-refractivity contribution in [2.24, 2.45) is 5.73 Å². The minimum Gasteiger partial charge on any atom is -0.496 e. The van der Waals surface area contributed by atoms with Crippen LogP contribution in [-0.4, -0.2) is 49.0 Å². The highest BCUT2D eigenvalue weighted by atomic mass is 16.5. The minimum absolute atomic E-state index is 0.222. The predicted molar refractivity (Wildman–Crippen MR) is 92.9 cm³/mol. The van der Waals surface area contributed by atoms with Gasteiger partial charge in [0.2, 0.25) is 5.91 Å². The Labute approximate surface area is 147 Å². The van der Waals surface area contributed by atoms with Crippen LogP contribution in [0.5, 0.6) is 5.75 Å². The molecule has 1 saturated heterocycles. The van der Waals surface area contributed by atoms with Gasteiger partial charge in [0, 0.05) is 6.54 Å². The van der Waals surface area contributed by atoms with Crippen LogP contribution in [0.15, 0.2) is 24.3 Å². The number of nitrogens with one attached hydrogen (secondary N) is 1. The molecule has 1 unspecified atom stereocenters. The Morgan fingerprint density at radius 1 is 1.48 bits per heavy atom. The third-order valence-electron chi connectivity index (χ3n) is 4.34. The second-order valence-electron chi connectivity index (χ2n) is 5.98. The highest BCUT2D eigenvalue weighted by Gasteiger charge is 2.33. The SMILES string of the molecule is COc1ccccc1C(=O)N[C@@H](CCCN)C(=O)N1CCCC1C#N. The summed E-state index contributed by atoms with van der Waals surface area (Å²) in [6.07, 6.45) is 2.51. The zero-order valence-electron chi connectivity index (χ0n) is 14.4. The first-order valence-electron chi connectivity index (χ1n) is 8.46. The van der Waals surface area contributed by atoms with E-state index in [-0.39, 0.29) is 11.8 Å². The number of nitrogens with two attached hydrogens (primary N) is 1. The van der Waals surface area contributed by atoms with E-state index in [1.54, 1.807) is 29.2 Å². The molecule has 3 N–H and O–H groups in total. The van der Waals surface area contributed by atoms with Gasteiger partial charge < -0.3 is 20.7 Å². The Kier molecular flexibility index (Phi) is 6.78. The fourth-order valence-corrected chi connectivity index (χ4v) is 3.01. The van der Waals surface area contributed by atoms with Crippen LogP contribution in [0.3, 0.4) is 0 Å². The number of amides is 2. The van der Waals surface area contributed by atoms with Gasteiger partial charge in [-0.3, -0.25) is 9.59 Å². The number of ether oxygens (including phenoxy) is 1. The largest absolute Gasteiger partial charge is 0.496 e. The zero-order valence-corrected chi connectivity index (χ0v) is 14.4. The molecule has 2 atom stereocenters. The van der Waals surface area contributed by atoms with Crippen LogP contribution in [0.25, 0.3) is 0 Å². The first-order chi connectivity index (χ1) is 12.1. The summed E-state index contributed by atoms with van der Waals surface area (Å²) in [5.74, 6) is -0.151. The number of hydrogen-bond donors (Lipinski definition) is 2. The third kappa shape index (κ3) is 4.48. The van der Waals surface area contributed by atoms with Crippen molar-refractivity contribution in [2.45, 2.75) is 37.8 Å². The smallest absolute Gasteiger partial charge is 0.255 e. The van der Waals surface area contributed by atoms with Gasteiger partial charge in [-0.25, -0.2) is 0 Å². The summed E-state index contributed by atoms with van der Waals surface area (Å²) in [5, 5.41) is 12.0. The second-order valence-corrected chi connectivity index (χ2v) is 5.98. The Morgan fingerprint density at radius 3 is 2.92 bits per heavy atom. The molecule has 1 fully saturated rings. The van der Waals surface area contributed by atoms with Crippen molar-refractivity contribution in [1.29, 1.82) is 5.26 Å². The quantitative estimate of drug-likeness (QED) is 0.768. The number of benzene rings is 1. The van der Waals surface area contributed by atoms with Crippen molar-refractivity contribution in [3.63, 3.8) is 0 Å². The molecule has 1 aromatic carbocycles. The monoisotopic (exact) mass is 344 g/mol. The average Bonchev–Trinajstić information content (AvgIpc) is 3.13. The number of rotatable bonds is 7. The van der Waals surface area contributed by atoms with E-state index < -0.39 is 12.1 Å². The van der Waals surface area contributed by atoms with Gasteiger partial charge in [0.15, 0.2) is 0 Å². The predicted octanol–water partition coefficient (Wildman–Crippen LogP) is 1.05. The summed E-state index contributed by atoms with van der Waals surface area (Å²) in [7, 11) is 1.49. The molecule has 25 heavy (non-hydrogen) atoms. The number of nitrogens with zero attached hydrogens (tertiary/aromatic N) is 2. The molecule has 7 heteroatoms. The lowest BCUT2D eigenvalue weighted by molar-refractivity contribution is -0.133. The van der Waals surface area contributed by atoms with E-state index >= 15 is 0 Å². The lowest BCUT2D eigenvalue weighted by Crippen LogP contribution is -2.50. The van der Waals surface area contributed by atoms with Gasteiger partial charge in [-0.1, -0.05) is 12.1 Å². The number of methoxy groups -OCH3 is 1. The topological polar surface area (TPSA) is 108 Å². The molecule has 134 valence electrons. The maximum atomic E-state index is 12.8. The molecule has 7 nitrogen and oxygen atoms in total. The molecule has 0 aliphatic carbocycles. The van der Waals surface area contributed by atoms with Crippen molar-refractivity contribution < 1.29 is 14.3 Å². The molecule has 2 rings (SSSR count). The van der Waals surface area contributed by atoms with Gasteiger partial charge >= 0.3 is 0 Å². The lowest BCUT2D eigenvalue weighted by atomic mass is 10.1. The first kappa shape index (κ1) is 18.7. The summed E-state index contributed by atoms with van der Waals surface area (Å²) in [4.78, 5) is 27.0.